The van der Waals surface area contributed by atoms with E-state index in [1.807, 2.05) is 0 Å². The Hall–Kier alpha value is -0.650. The number of β-amino-alcohol motifs (C(OH)–C–C–N with tert-alkyl or cyclic N) is 2. The van der Waals surface area contributed by atoms with E-state index >= 15 is 0 Å². The van der Waals surface area contributed by atoms with Gasteiger partial charge >= 0.3 is 0 Å². The van der Waals surface area contributed by atoms with Gasteiger partial charge in [-0.25, -0.2) is 0 Å². The Kier molecular flexibility index (Phi) is 3.14. The van der Waals surface area contributed by atoms with Gasteiger partial charge in [-0.15, -0.1) is 0 Å². The molecule has 0 aromatic heterocycles. The maximum absolute atomic E-state index is 11.6. The topological polar surface area (TPSA) is 86.8 Å². The first-order valence-corrected chi connectivity index (χ1v) is 4.72. The summed E-state index contributed by atoms with van der Waals surface area (Å²) in [5, 5.41) is 18.5. The minimum Gasteiger partial charge on any atom is -0.388 e. The number of likely N-dealkylation sites (tertiary alicyclic amines) is 1. The number of aliphatic hydroxyl groups is 2. The second kappa shape index (κ2) is 3.84. The van der Waals surface area contributed by atoms with Crippen molar-refractivity contribution in [3.8, 4) is 0 Å². The third-order valence-electron chi connectivity index (χ3n) is 2.22. The summed E-state index contributed by atoms with van der Waals surface area (Å²) in [5.74, 6) is -0.117. The van der Waals surface area contributed by atoms with Crippen molar-refractivity contribution in [2.75, 3.05) is 13.1 Å². The molecular weight excluding hydrogens is 184 g/mol. The molecule has 14 heavy (non-hydrogen) atoms. The quantitative estimate of drug-likeness (QED) is 0.518. The largest absolute Gasteiger partial charge is 0.388 e. The third kappa shape index (κ3) is 2.94. The maximum Gasteiger partial charge on any atom is 0.224 e. The summed E-state index contributed by atoms with van der Waals surface area (Å²) in [6.07, 6.45) is -1.41. The van der Waals surface area contributed by atoms with Crippen molar-refractivity contribution >= 4 is 5.91 Å². The van der Waals surface area contributed by atoms with Crippen LogP contribution >= 0.6 is 0 Å². The van der Waals surface area contributed by atoms with Crippen LogP contribution in [0.25, 0.3) is 0 Å². The number of rotatable bonds is 2. The lowest BCUT2D eigenvalue weighted by Crippen LogP contribution is -2.40. The predicted octanol–water partition coefficient (Wildman–Crippen LogP) is -1.32. The summed E-state index contributed by atoms with van der Waals surface area (Å²) in [6.45, 7) is 3.95. The second-order valence-electron chi connectivity index (χ2n) is 4.60. The SMILES string of the molecule is CC(C)(N)CC(=O)N1CC(O)C(O)C1. The lowest BCUT2D eigenvalue weighted by Gasteiger charge is -2.22. The zero-order chi connectivity index (χ0) is 10.9. The molecule has 0 aliphatic carbocycles. The summed E-state index contributed by atoms with van der Waals surface area (Å²) in [7, 11) is 0. The monoisotopic (exact) mass is 202 g/mol. The van der Waals surface area contributed by atoms with E-state index in [9.17, 15) is 15.0 Å². The Morgan fingerprint density at radius 2 is 1.86 bits per heavy atom. The van der Waals surface area contributed by atoms with E-state index in [-0.39, 0.29) is 25.4 Å². The molecule has 2 atom stereocenters. The predicted molar refractivity (Wildman–Crippen MR) is 51.5 cm³/mol. The summed E-state index contributed by atoms with van der Waals surface area (Å²) in [4.78, 5) is 13.0. The van der Waals surface area contributed by atoms with E-state index in [0.29, 0.717) is 0 Å². The van der Waals surface area contributed by atoms with Crippen molar-refractivity contribution < 1.29 is 15.0 Å². The molecule has 1 heterocycles. The molecule has 2 unspecified atom stereocenters. The van der Waals surface area contributed by atoms with E-state index in [1.54, 1.807) is 13.8 Å². The van der Waals surface area contributed by atoms with Gasteiger partial charge in [-0.05, 0) is 13.8 Å². The van der Waals surface area contributed by atoms with Crippen LogP contribution in [0.4, 0.5) is 0 Å². The molecule has 0 aromatic carbocycles. The van der Waals surface area contributed by atoms with Crippen molar-refractivity contribution in [1.29, 1.82) is 0 Å². The van der Waals surface area contributed by atoms with Crippen LogP contribution < -0.4 is 5.73 Å². The lowest BCUT2D eigenvalue weighted by molar-refractivity contribution is -0.131. The number of aliphatic hydroxyl groups excluding tert-OH is 2. The van der Waals surface area contributed by atoms with E-state index in [4.69, 9.17) is 5.73 Å². The highest BCUT2D eigenvalue weighted by Crippen LogP contribution is 2.14. The molecule has 1 saturated heterocycles. The highest BCUT2D eigenvalue weighted by molar-refractivity contribution is 5.77. The highest BCUT2D eigenvalue weighted by atomic mass is 16.3. The lowest BCUT2D eigenvalue weighted by atomic mass is 10.0. The molecule has 5 nitrogen and oxygen atoms in total. The van der Waals surface area contributed by atoms with Gasteiger partial charge in [-0.3, -0.25) is 4.79 Å². The normalized spacial score (nSPS) is 28.2. The Morgan fingerprint density at radius 1 is 1.43 bits per heavy atom. The summed E-state index contributed by atoms with van der Waals surface area (Å²) < 4.78 is 0. The third-order valence-corrected chi connectivity index (χ3v) is 2.22. The molecule has 1 fully saturated rings. The van der Waals surface area contributed by atoms with Crippen molar-refractivity contribution in [3.05, 3.63) is 0 Å². The number of amides is 1. The fourth-order valence-corrected chi connectivity index (χ4v) is 1.47. The number of hydrogen-bond acceptors (Lipinski definition) is 4. The average Bonchev–Trinajstić information content (AvgIpc) is 2.28. The van der Waals surface area contributed by atoms with Gasteiger partial charge in [0.25, 0.3) is 0 Å². The molecular formula is C9H18N2O3. The molecule has 0 aromatic rings. The van der Waals surface area contributed by atoms with E-state index < -0.39 is 17.7 Å². The highest BCUT2D eigenvalue weighted by Gasteiger charge is 2.33. The summed E-state index contributed by atoms with van der Waals surface area (Å²) in [6, 6.07) is 0. The molecule has 1 aliphatic rings. The van der Waals surface area contributed by atoms with Gasteiger partial charge in [0.15, 0.2) is 0 Å². The van der Waals surface area contributed by atoms with E-state index in [2.05, 4.69) is 0 Å². The van der Waals surface area contributed by atoms with Crippen LogP contribution in [0.3, 0.4) is 0 Å². The van der Waals surface area contributed by atoms with Crippen LogP contribution in [0.5, 0.6) is 0 Å². The number of nitrogens with zero attached hydrogens (tertiary/aromatic N) is 1. The first-order chi connectivity index (χ1) is 6.29. The van der Waals surface area contributed by atoms with Gasteiger partial charge in [0, 0.05) is 25.0 Å². The van der Waals surface area contributed by atoms with Crippen LogP contribution in [-0.2, 0) is 4.79 Å². The second-order valence-corrected chi connectivity index (χ2v) is 4.60. The Bertz CT molecular complexity index is 215. The van der Waals surface area contributed by atoms with Crippen molar-refractivity contribution in [3.63, 3.8) is 0 Å². The van der Waals surface area contributed by atoms with Crippen LogP contribution in [0.2, 0.25) is 0 Å². The zero-order valence-electron chi connectivity index (χ0n) is 8.60. The van der Waals surface area contributed by atoms with Crippen LogP contribution in [0, 0.1) is 0 Å². The summed E-state index contributed by atoms with van der Waals surface area (Å²) in [5.41, 5.74) is 5.15. The van der Waals surface area contributed by atoms with E-state index in [1.165, 1.54) is 4.90 Å². The molecule has 0 bridgehead atoms. The minimum atomic E-state index is -0.820. The van der Waals surface area contributed by atoms with Crippen molar-refractivity contribution in [2.45, 2.75) is 38.0 Å². The molecule has 0 spiro atoms. The molecule has 0 radical (unpaired) electrons. The minimum absolute atomic E-state index is 0.117. The van der Waals surface area contributed by atoms with Gasteiger partial charge in [-0.2, -0.15) is 0 Å². The Balaban J connectivity index is 2.48. The van der Waals surface area contributed by atoms with Gasteiger partial charge in [0.2, 0.25) is 5.91 Å². The smallest absolute Gasteiger partial charge is 0.224 e. The Labute approximate surface area is 83.5 Å². The van der Waals surface area contributed by atoms with Crippen molar-refractivity contribution in [1.82, 2.24) is 4.90 Å². The van der Waals surface area contributed by atoms with Crippen LogP contribution in [-0.4, -0.2) is 51.9 Å². The first kappa shape index (κ1) is 11.4. The molecule has 82 valence electrons. The maximum atomic E-state index is 11.6. The number of hydrogen-bond donors (Lipinski definition) is 3. The molecule has 1 rings (SSSR count). The number of nitrogens with two attached hydrogens (primary N) is 1. The summed E-state index contributed by atoms with van der Waals surface area (Å²) >= 11 is 0. The molecule has 1 amide bonds. The first-order valence-electron chi connectivity index (χ1n) is 4.72. The fraction of sp³-hybridized carbons (Fsp3) is 0.889. The van der Waals surface area contributed by atoms with Gasteiger partial charge in [0.1, 0.15) is 0 Å². The molecule has 4 N–H and O–H groups in total. The van der Waals surface area contributed by atoms with Gasteiger partial charge in [0.05, 0.1) is 12.2 Å². The average molecular weight is 202 g/mol. The molecule has 0 saturated carbocycles. The molecule has 1 aliphatic heterocycles. The standard InChI is InChI=1S/C9H18N2O3/c1-9(2,10)3-8(14)11-4-6(12)7(13)5-11/h6-7,12-13H,3-5,10H2,1-2H3. The van der Waals surface area contributed by atoms with Crippen molar-refractivity contribution in [2.24, 2.45) is 5.73 Å². The van der Waals surface area contributed by atoms with Crippen LogP contribution in [0.15, 0.2) is 0 Å². The fourth-order valence-electron chi connectivity index (χ4n) is 1.47. The van der Waals surface area contributed by atoms with E-state index in [0.717, 1.165) is 0 Å². The number of carbonyl (C=O) groups excluding carboxylic acids is 1. The van der Waals surface area contributed by atoms with Gasteiger partial charge < -0.3 is 20.8 Å². The number of carbonyl (C=O) groups is 1. The molecule has 5 heteroatoms. The zero-order valence-corrected chi connectivity index (χ0v) is 8.60. The Morgan fingerprint density at radius 3 is 2.21 bits per heavy atom. The van der Waals surface area contributed by atoms with Gasteiger partial charge in [-0.1, -0.05) is 0 Å². The van der Waals surface area contributed by atoms with Crippen LogP contribution in [0.1, 0.15) is 20.3 Å².